The van der Waals surface area contributed by atoms with Gasteiger partial charge in [-0.3, -0.25) is 9.69 Å². The highest BCUT2D eigenvalue weighted by molar-refractivity contribution is 8.03. The van der Waals surface area contributed by atoms with Gasteiger partial charge in [-0.15, -0.1) is 0 Å². The third-order valence-corrected chi connectivity index (χ3v) is 6.57. The van der Waals surface area contributed by atoms with E-state index >= 15 is 0 Å². The van der Waals surface area contributed by atoms with E-state index < -0.39 is 0 Å². The van der Waals surface area contributed by atoms with Crippen molar-refractivity contribution in [2.45, 2.75) is 32.1 Å². The van der Waals surface area contributed by atoms with Crippen molar-refractivity contribution < 1.29 is 4.79 Å². The van der Waals surface area contributed by atoms with Crippen LogP contribution < -0.4 is 4.90 Å². The van der Waals surface area contributed by atoms with Crippen LogP contribution in [-0.2, 0) is 4.79 Å². The third-order valence-electron chi connectivity index (χ3n) is 5.42. The van der Waals surface area contributed by atoms with Crippen molar-refractivity contribution in [3.05, 3.63) is 76.3 Å². The van der Waals surface area contributed by atoms with Crippen LogP contribution in [0.4, 0.5) is 5.69 Å². The van der Waals surface area contributed by atoms with Crippen molar-refractivity contribution in [2.75, 3.05) is 17.4 Å². The molecule has 1 saturated heterocycles. The topological polar surface area (TPSA) is 47.3 Å². The molecule has 0 bridgehead atoms. The van der Waals surface area contributed by atoms with Gasteiger partial charge < -0.3 is 4.90 Å². The standard InChI is InChI=1S/C23H23N3OS/c1-16(2)17-8-10-18(11-9-17)20-12-22(27)26-14-25(19-6-4-3-5-7-19)15-28-23(26)21(20)13-24/h3-11,16,20H,12,14-15H2,1-2H3/t20-/m0/s1. The van der Waals surface area contributed by atoms with Crippen LogP contribution >= 0.6 is 11.8 Å². The molecule has 0 saturated carbocycles. The third kappa shape index (κ3) is 3.41. The van der Waals surface area contributed by atoms with Crippen LogP contribution in [0.15, 0.2) is 65.2 Å². The summed E-state index contributed by atoms with van der Waals surface area (Å²) >= 11 is 1.58. The molecule has 28 heavy (non-hydrogen) atoms. The van der Waals surface area contributed by atoms with E-state index in [1.807, 2.05) is 30.3 Å². The lowest BCUT2D eigenvalue weighted by Crippen LogP contribution is -2.47. The van der Waals surface area contributed by atoms with Crippen molar-refractivity contribution in [3.8, 4) is 6.07 Å². The van der Waals surface area contributed by atoms with Gasteiger partial charge in [-0.25, -0.2) is 0 Å². The Balaban J connectivity index is 1.64. The van der Waals surface area contributed by atoms with Crippen molar-refractivity contribution in [3.63, 3.8) is 0 Å². The van der Waals surface area contributed by atoms with E-state index in [9.17, 15) is 10.1 Å². The Labute approximate surface area is 170 Å². The van der Waals surface area contributed by atoms with E-state index in [-0.39, 0.29) is 11.8 Å². The first-order chi connectivity index (χ1) is 13.6. The molecule has 4 rings (SSSR count). The number of amides is 1. The van der Waals surface area contributed by atoms with Gasteiger partial charge >= 0.3 is 0 Å². The highest BCUT2D eigenvalue weighted by Crippen LogP contribution is 2.43. The molecule has 0 aliphatic carbocycles. The Bertz CT molecular complexity index is 944. The van der Waals surface area contributed by atoms with Gasteiger partial charge in [0.15, 0.2) is 0 Å². The van der Waals surface area contributed by atoms with Gasteiger partial charge in [0, 0.05) is 18.0 Å². The van der Waals surface area contributed by atoms with Crippen LogP contribution in [0.3, 0.4) is 0 Å². The molecule has 2 aliphatic rings. The number of hydrogen-bond acceptors (Lipinski definition) is 4. The van der Waals surface area contributed by atoms with Gasteiger partial charge in [0.1, 0.15) is 0 Å². The number of hydrogen-bond donors (Lipinski definition) is 0. The molecule has 2 heterocycles. The summed E-state index contributed by atoms with van der Waals surface area (Å²) in [7, 11) is 0. The smallest absolute Gasteiger partial charge is 0.229 e. The average molecular weight is 390 g/mol. The Morgan fingerprint density at radius 1 is 1.11 bits per heavy atom. The lowest BCUT2D eigenvalue weighted by molar-refractivity contribution is -0.129. The Morgan fingerprint density at radius 3 is 2.46 bits per heavy atom. The number of anilines is 1. The maximum Gasteiger partial charge on any atom is 0.229 e. The number of thioether (sulfide) groups is 1. The average Bonchev–Trinajstić information content (AvgIpc) is 2.74. The Morgan fingerprint density at radius 2 is 1.82 bits per heavy atom. The number of allylic oxidation sites excluding steroid dienone is 1. The first kappa shape index (κ1) is 18.6. The summed E-state index contributed by atoms with van der Waals surface area (Å²) in [4.78, 5) is 16.9. The summed E-state index contributed by atoms with van der Waals surface area (Å²) in [6, 6.07) is 20.9. The maximum absolute atomic E-state index is 13.0. The maximum atomic E-state index is 13.0. The molecule has 4 nitrogen and oxygen atoms in total. The summed E-state index contributed by atoms with van der Waals surface area (Å²) < 4.78 is 0. The van der Waals surface area contributed by atoms with Crippen molar-refractivity contribution in [2.24, 2.45) is 0 Å². The molecule has 1 atom stereocenters. The summed E-state index contributed by atoms with van der Waals surface area (Å²) in [5.74, 6) is 1.12. The van der Waals surface area contributed by atoms with Crippen LogP contribution in [0.5, 0.6) is 0 Å². The summed E-state index contributed by atoms with van der Waals surface area (Å²) in [5.41, 5.74) is 4.12. The number of fused-ring (bicyclic) bond motifs is 1. The molecular formula is C23H23N3OS. The van der Waals surface area contributed by atoms with Gasteiger partial charge in [0.2, 0.25) is 5.91 Å². The lowest BCUT2D eigenvalue weighted by atomic mass is 9.85. The summed E-state index contributed by atoms with van der Waals surface area (Å²) in [6.07, 6.45) is 0.344. The molecular weight excluding hydrogens is 366 g/mol. The van der Waals surface area contributed by atoms with Crippen LogP contribution in [0.1, 0.15) is 43.2 Å². The van der Waals surface area contributed by atoms with Crippen LogP contribution in [0.2, 0.25) is 0 Å². The zero-order valence-corrected chi connectivity index (χ0v) is 16.9. The molecule has 2 aromatic rings. The largest absolute Gasteiger partial charge is 0.344 e. The number of nitrogens with zero attached hydrogens (tertiary/aromatic N) is 3. The Kier molecular flexibility index (Phi) is 5.15. The van der Waals surface area contributed by atoms with Crippen LogP contribution in [0.25, 0.3) is 0 Å². The molecule has 1 fully saturated rings. The quantitative estimate of drug-likeness (QED) is 0.739. The zero-order valence-electron chi connectivity index (χ0n) is 16.1. The molecule has 2 aliphatic heterocycles. The molecule has 0 aromatic heterocycles. The minimum absolute atomic E-state index is 0.0834. The second-order valence-corrected chi connectivity index (χ2v) is 8.45. The van der Waals surface area contributed by atoms with Crippen LogP contribution in [-0.4, -0.2) is 23.4 Å². The van der Waals surface area contributed by atoms with E-state index in [2.05, 4.69) is 49.1 Å². The second kappa shape index (κ2) is 7.73. The van der Waals surface area contributed by atoms with Gasteiger partial charge in [-0.1, -0.05) is 68.1 Å². The number of para-hydroxylation sites is 1. The second-order valence-electron chi connectivity index (χ2n) is 7.52. The number of carbonyl (C=O) groups excluding carboxylic acids is 1. The minimum Gasteiger partial charge on any atom is -0.344 e. The first-order valence-electron chi connectivity index (χ1n) is 9.55. The predicted molar refractivity (Wildman–Crippen MR) is 114 cm³/mol. The SMILES string of the molecule is CC(C)c1ccc([C@@H]2CC(=O)N3CN(c4ccccc4)CSC3=C2C#N)cc1. The summed E-state index contributed by atoms with van der Waals surface area (Å²) in [5, 5.41) is 10.7. The number of rotatable bonds is 3. The molecule has 5 heteroatoms. The molecule has 1 amide bonds. The Hall–Kier alpha value is -2.71. The molecule has 0 unspecified atom stereocenters. The van der Waals surface area contributed by atoms with Gasteiger partial charge in [0.05, 0.1) is 29.2 Å². The predicted octanol–water partition coefficient (Wildman–Crippen LogP) is 5.03. The van der Waals surface area contributed by atoms with Crippen molar-refractivity contribution in [1.82, 2.24) is 4.90 Å². The lowest BCUT2D eigenvalue weighted by Gasteiger charge is -2.42. The van der Waals surface area contributed by atoms with Crippen LogP contribution in [0, 0.1) is 11.3 Å². The molecule has 0 radical (unpaired) electrons. The van der Waals surface area contributed by atoms with E-state index in [0.717, 1.165) is 27.7 Å². The number of carbonyl (C=O) groups is 1. The van der Waals surface area contributed by atoms with Gasteiger partial charge in [0.25, 0.3) is 0 Å². The fraction of sp³-hybridized carbons (Fsp3) is 0.304. The molecule has 2 aromatic carbocycles. The van der Waals surface area contributed by atoms with Gasteiger partial charge in [-0.2, -0.15) is 5.26 Å². The van der Waals surface area contributed by atoms with Gasteiger partial charge in [-0.05, 0) is 29.2 Å². The van der Waals surface area contributed by atoms with E-state index in [1.54, 1.807) is 16.7 Å². The monoisotopic (exact) mass is 389 g/mol. The minimum atomic E-state index is -0.152. The zero-order chi connectivity index (χ0) is 19.7. The van der Waals surface area contributed by atoms with E-state index in [1.165, 1.54) is 5.56 Å². The number of benzene rings is 2. The fourth-order valence-corrected chi connectivity index (χ4v) is 4.93. The fourth-order valence-electron chi connectivity index (χ4n) is 3.76. The first-order valence-corrected chi connectivity index (χ1v) is 10.5. The van der Waals surface area contributed by atoms with Crippen molar-refractivity contribution in [1.29, 1.82) is 5.26 Å². The molecule has 0 spiro atoms. The van der Waals surface area contributed by atoms with E-state index in [4.69, 9.17) is 0 Å². The number of nitriles is 1. The highest BCUT2D eigenvalue weighted by atomic mass is 32.2. The molecule has 0 N–H and O–H groups in total. The highest BCUT2D eigenvalue weighted by Gasteiger charge is 2.38. The summed E-state index contributed by atoms with van der Waals surface area (Å²) in [6.45, 7) is 4.82. The van der Waals surface area contributed by atoms with Crippen molar-refractivity contribution >= 4 is 23.4 Å². The normalized spacial score (nSPS) is 19.6. The van der Waals surface area contributed by atoms with E-state index in [0.29, 0.717) is 19.0 Å². The molecule has 142 valence electrons.